The van der Waals surface area contributed by atoms with Gasteiger partial charge in [-0.2, -0.15) is 13.2 Å². The van der Waals surface area contributed by atoms with Crippen LogP contribution in [0, 0.1) is 12.7 Å². The number of primary sulfonamides is 1. The molecule has 1 rings (SSSR count). The molecule has 0 fully saturated rings. The molecule has 2 N–H and O–H groups in total. The van der Waals surface area contributed by atoms with Gasteiger partial charge >= 0.3 is 6.18 Å². The number of nitrogens with two attached hydrogens (primary N) is 1. The molecule has 0 radical (unpaired) electrons. The highest BCUT2D eigenvalue weighted by atomic mass is 32.2. The predicted octanol–water partition coefficient (Wildman–Crippen LogP) is 2.03. The van der Waals surface area contributed by atoms with E-state index in [1.54, 1.807) is 0 Å². The number of hydrogen-bond donors (Lipinski definition) is 1. The second-order valence-corrected chi connectivity index (χ2v) is 5.17. The van der Waals surface area contributed by atoms with Crippen molar-refractivity contribution in [2.45, 2.75) is 18.3 Å². The molecule has 3 nitrogen and oxygen atoms in total. The van der Waals surface area contributed by atoms with Gasteiger partial charge in [-0.3, -0.25) is 0 Å². The van der Waals surface area contributed by atoms with E-state index in [2.05, 4.69) is 5.14 Å². The van der Waals surface area contributed by atoms with Crippen LogP contribution in [-0.2, 0) is 10.0 Å². The summed E-state index contributed by atoms with van der Waals surface area (Å²) in [6.45, 7) is 1.35. The summed E-state index contributed by atoms with van der Waals surface area (Å²) in [7, 11) is -4.90. The van der Waals surface area contributed by atoms with Crippen molar-refractivity contribution in [1.29, 1.82) is 0 Å². The Labute approximate surface area is 95.3 Å². The normalized spacial score (nSPS) is 14.7. The smallest absolute Gasteiger partial charge is 0.228 e. The van der Waals surface area contributed by atoms with Crippen LogP contribution in [0.3, 0.4) is 0 Å². The molecule has 0 aromatic heterocycles. The van der Waals surface area contributed by atoms with Crippen molar-refractivity contribution in [3.05, 3.63) is 35.1 Å². The number of hydrogen-bond acceptors (Lipinski definition) is 2. The van der Waals surface area contributed by atoms with Gasteiger partial charge < -0.3 is 0 Å². The molecule has 1 atom stereocenters. The lowest BCUT2D eigenvalue weighted by atomic mass is 10.1. The molecule has 1 aromatic rings. The van der Waals surface area contributed by atoms with Gasteiger partial charge in [-0.05, 0) is 24.1 Å². The molecule has 96 valence electrons. The summed E-state index contributed by atoms with van der Waals surface area (Å²) < 4.78 is 72.6. The molecular formula is C9H9F4NO2S. The molecule has 8 heteroatoms. The van der Waals surface area contributed by atoms with Crippen LogP contribution in [-0.4, -0.2) is 14.6 Å². The van der Waals surface area contributed by atoms with E-state index in [0.717, 1.165) is 12.1 Å². The summed E-state index contributed by atoms with van der Waals surface area (Å²) in [5.74, 6) is -0.916. The zero-order valence-corrected chi connectivity index (χ0v) is 9.44. The predicted molar refractivity (Wildman–Crippen MR) is 53.0 cm³/mol. The second kappa shape index (κ2) is 4.26. The monoisotopic (exact) mass is 271 g/mol. The highest BCUT2D eigenvalue weighted by molar-refractivity contribution is 7.89. The number of rotatable bonds is 2. The van der Waals surface area contributed by atoms with Crippen molar-refractivity contribution in [2.24, 2.45) is 5.14 Å². The average molecular weight is 271 g/mol. The summed E-state index contributed by atoms with van der Waals surface area (Å²) in [5, 5.41) is 1.60. The minimum absolute atomic E-state index is 0.115. The van der Waals surface area contributed by atoms with Gasteiger partial charge in [-0.1, -0.05) is 12.1 Å². The first-order valence-electron chi connectivity index (χ1n) is 4.38. The van der Waals surface area contributed by atoms with E-state index in [-0.39, 0.29) is 5.56 Å². The van der Waals surface area contributed by atoms with E-state index in [1.807, 2.05) is 0 Å². The lowest BCUT2D eigenvalue weighted by Crippen LogP contribution is -2.33. The van der Waals surface area contributed by atoms with Crippen molar-refractivity contribution in [1.82, 2.24) is 0 Å². The van der Waals surface area contributed by atoms with Crippen molar-refractivity contribution in [3.63, 3.8) is 0 Å². The Morgan fingerprint density at radius 2 is 1.82 bits per heavy atom. The summed E-state index contributed by atoms with van der Waals surface area (Å²) in [5.41, 5.74) is -0.618. The van der Waals surface area contributed by atoms with Gasteiger partial charge in [0.1, 0.15) is 5.82 Å². The zero-order chi connectivity index (χ0) is 13.4. The van der Waals surface area contributed by atoms with Crippen molar-refractivity contribution in [2.75, 3.05) is 0 Å². The average Bonchev–Trinajstić information content (AvgIpc) is 2.06. The van der Waals surface area contributed by atoms with Gasteiger partial charge in [-0.25, -0.2) is 17.9 Å². The molecule has 0 saturated carbocycles. The highest BCUT2D eigenvalue weighted by Gasteiger charge is 2.48. The van der Waals surface area contributed by atoms with Gasteiger partial charge in [0.2, 0.25) is 10.0 Å². The lowest BCUT2D eigenvalue weighted by Gasteiger charge is -2.18. The molecule has 0 amide bonds. The molecule has 0 aliphatic carbocycles. The molecule has 1 unspecified atom stereocenters. The van der Waals surface area contributed by atoms with Crippen molar-refractivity contribution < 1.29 is 26.0 Å². The van der Waals surface area contributed by atoms with Crippen LogP contribution >= 0.6 is 0 Å². The third-order valence-corrected chi connectivity index (χ3v) is 3.32. The SMILES string of the molecule is Cc1ccc(C(C(F)(F)F)S(N)(=O)=O)cc1F. The topological polar surface area (TPSA) is 60.2 Å². The first kappa shape index (κ1) is 13.9. The van der Waals surface area contributed by atoms with Crippen LogP contribution in [0.5, 0.6) is 0 Å². The van der Waals surface area contributed by atoms with Gasteiger partial charge in [0.15, 0.2) is 5.25 Å². The van der Waals surface area contributed by atoms with E-state index in [4.69, 9.17) is 0 Å². The Balaban J connectivity index is 3.39. The molecule has 0 aliphatic rings. The maximum absolute atomic E-state index is 13.1. The van der Waals surface area contributed by atoms with Gasteiger partial charge in [-0.15, -0.1) is 0 Å². The van der Waals surface area contributed by atoms with E-state index in [1.165, 1.54) is 6.92 Å². The Bertz CT molecular complexity index is 524. The molecule has 0 bridgehead atoms. The molecule has 17 heavy (non-hydrogen) atoms. The number of halogens is 4. The molecule has 0 saturated heterocycles. The van der Waals surface area contributed by atoms with E-state index in [0.29, 0.717) is 6.07 Å². The molecule has 1 aromatic carbocycles. The van der Waals surface area contributed by atoms with Crippen LogP contribution in [0.25, 0.3) is 0 Å². The molecule has 0 spiro atoms. The molecular weight excluding hydrogens is 262 g/mol. The van der Waals surface area contributed by atoms with Crippen LogP contribution in [0.2, 0.25) is 0 Å². The fourth-order valence-corrected chi connectivity index (χ4v) is 2.24. The first-order chi connectivity index (χ1) is 7.53. The Morgan fingerprint density at radius 1 is 1.29 bits per heavy atom. The van der Waals surface area contributed by atoms with Crippen LogP contribution in [0.4, 0.5) is 17.6 Å². The minimum atomic E-state index is -5.09. The largest absolute Gasteiger partial charge is 0.410 e. The minimum Gasteiger partial charge on any atom is -0.228 e. The van der Waals surface area contributed by atoms with Crippen LogP contribution in [0.1, 0.15) is 16.4 Å². The van der Waals surface area contributed by atoms with E-state index in [9.17, 15) is 26.0 Å². The third-order valence-electron chi connectivity index (χ3n) is 2.12. The van der Waals surface area contributed by atoms with Crippen molar-refractivity contribution >= 4 is 10.0 Å². The van der Waals surface area contributed by atoms with E-state index >= 15 is 0 Å². The Kier molecular flexibility index (Phi) is 3.49. The standard InChI is InChI=1S/C9H9F4NO2S/c1-5-2-3-6(4-7(5)10)8(9(11,12)13)17(14,15)16/h2-4,8H,1H3,(H2,14,15,16). The van der Waals surface area contributed by atoms with Crippen molar-refractivity contribution in [3.8, 4) is 0 Å². The van der Waals surface area contributed by atoms with Crippen LogP contribution < -0.4 is 5.14 Å². The number of alkyl halides is 3. The Morgan fingerprint density at radius 3 is 2.18 bits per heavy atom. The fraction of sp³-hybridized carbons (Fsp3) is 0.333. The first-order valence-corrected chi connectivity index (χ1v) is 5.99. The van der Waals surface area contributed by atoms with E-state index < -0.39 is 32.8 Å². The summed E-state index contributed by atoms with van der Waals surface area (Å²) >= 11 is 0. The lowest BCUT2D eigenvalue weighted by molar-refractivity contribution is -0.131. The summed E-state index contributed by atoms with van der Waals surface area (Å²) in [4.78, 5) is 0. The molecule has 0 heterocycles. The quantitative estimate of drug-likeness (QED) is 0.836. The molecule has 0 aliphatic heterocycles. The van der Waals surface area contributed by atoms with Gasteiger partial charge in [0.05, 0.1) is 0 Å². The van der Waals surface area contributed by atoms with Gasteiger partial charge in [0, 0.05) is 0 Å². The zero-order valence-electron chi connectivity index (χ0n) is 8.62. The van der Waals surface area contributed by atoms with Crippen LogP contribution in [0.15, 0.2) is 18.2 Å². The number of sulfonamides is 1. The maximum atomic E-state index is 13.1. The van der Waals surface area contributed by atoms with Gasteiger partial charge in [0.25, 0.3) is 0 Å². The fourth-order valence-electron chi connectivity index (χ4n) is 1.34. The number of aryl methyl sites for hydroxylation is 1. The third kappa shape index (κ3) is 3.16. The maximum Gasteiger partial charge on any atom is 0.410 e. The summed E-state index contributed by atoms with van der Waals surface area (Å²) in [6, 6.07) is 2.48. The summed E-state index contributed by atoms with van der Waals surface area (Å²) in [6.07, 6.45) is -5.09. The second-order valence-electron chi connectivity index (χ2n) is 3.52. The Hall–Kier alpha value is -1.15. The highest BCUT2D eigenvalue weighted by Crippen LogP contribution is 2.38. The number of benzene rings is 1.